The molecule has 0 aliphatic heterocycles. The summed E-state index contributed by atoms with van der Waals surface area (Å²) in [6.07, 6.45) is 2.36. The molecule has 4 heteroatoms. The Hall–Kier alpha value is -2.72. The molecule has 0 fully saturated rings. The number of amides is 2. The van der Waals surface area contributed by atoms with Crippen molar-refractivity contribution < 1.29 is 9.59 Å². The van der Waals surface area contributed by atoms with Crippen molar-refractivity contribution in [3.05, 3.63) is 84.4 Å². The molecule has 24 heavy (non-hydrogen) atoms. The van der Waals surface area contributed by atoms with E-state index in [1.165, 1.54) is 0 Å². The normalized spacial score (nSPS) is 10.9. The predicted molar refractivity (Wildman–Crippen MR) is 95.4 cm³/mol. The van der Waals surface area contributed by atoms with Crippen molar-refractivity contribution in [2.24, 2.45) is 0 Å². The molecule has 0 aliphatic rings. The fourth-order valence-electron chi connectivity index (χ4n) is 2.32. The Bertz CT molecular complexity index is 657. The van der Waals surface area contributed by atoms with E-state index in [1.54, 1.807) is 54.6 Å². The number of nitrogens with zero attached hydrogens (tertiary/aromatic N) is 1. The molecule has 0 bridgehead atoms. The van der Waals surface area contributed by atoms with Crippen LogP contribution in [0.2, 0.25) is 0 Å². The summed E-state index contributed by atoms with van der Waals surface area (Å²) in [5, 5.41) is 1.09. The summed E-state index contributed by atoms with van der Waals surface area (Å²) in [7, 11) is 0. The fraction of sp³-hybridized carbons (Fsp3) is 0.200. The lowest BCUT2D eigenvalue weighted by atomic mass is 10.0. The first-order valence-electron chi connectivity index (χ1n) is 7.82. The summed E-state index contributed by atoms with van der Waals surface area (Å²) in [5.41, 5.74) is 3.46. The van der Waals surface area contributed by atoms with Crippen LogP contribution in [0.25, 0.3) is 0 Å². The van der Waals surface area contributed by atoms with Crippen molar-refractivity contribution in [1.29, 1.82) is 0 Å². The molecule has 4 nitrogen and oxygen atoms in total. The summed E-state index contributed by atoms with van der Waals surface area (Å²) in [6, 6.07) is 17.5. The molecule has 2 rings (SSSR count). The average Bonchev–Trinajstić information content (AvgIpc) is 2.60. The van der Waals surface area contributed by atoms with Gasteiger partial charge in [0.1, 0.15) is 0 Å². The number of rotatable bonds is 6. The molecule has 1 N–H and O–H groups in total. The van der Waals surface area contributed by atoms with Gasteiger partial charge in [-0.1, -0.05) is 42.5 Å². The van der Waals surface area contributed by atoms with Gasteiger partial charge < -0.3 is 0 Å². The number of hydrogen-bond acceptors (Lipinski definition) is 3. The maximum atomic E-state index is 12.9. The van der Waals surface area contributed by atoms with Crippen LogP contribution in [0.15, 0.2) is 73.3 Å². The largest absolute Gasteiger partial charge is 0.275 e. The number of carbonyl (C=O) groups is 2. The molecule has 0 atom stereocenters. The quantitative estimate of drug-likeness (QED) is 0.499. The van der Waals surface area contributed by atoms with Gasteiger partial charge in [0, 0.05) is 16.7 Å². The smallest absolute Gasteiger partial charge is 0.267 e. The van der Waals surface area contributed by atoms with Crippen LogP contribution in [0.5, 0.6) is 0 Å². The molecule has 2 amide bonds. The Morgan fingerprint density at radius 2 is 1.38 bits per heavy atom. The molecule has 0 saturated carbocycles. The van der Waals surface area contributed by atoms with Crippen molar-refractivity contribution in [3.8, 4) is 0 Å². The molecule has 0 aromatic heterocycles. The van der Waals surface area contributed by atoms with Crippen LogP contribution in [0.3, 0.4) is 0 Å². The molecular weight excluding hydrogens is 300 g/mol. The van der Waals surface area contributed by atoms with E-state index in [0.29, 0.717) is 17.5 Å². The highest BCUT2D eigenvalue weighted by atomic mass is 16.2. The summed E-state index contributed by atoms with van der Waals surface area (Å²) in [6.45, 7) is 7.56. The van der Waals surface area contributed by atoms with Gasteiger partial charge in [-0.15, -0.1) is 6.58 Å². The SMILES string of the molecule is C=CCC(C)(C)NN(C(=O)c1ccccc1)C(=O)c1ccccc1. The van der Waals surface area contributed by atoms with Crippen molar-refractivity contribution in [1.82, 2.24) is 10.4 Å². The highest BCUT2D eigenvalue weighted by Crippen LogP contribution is 2.14. The standard InChI is InChI=1S/C20H22N2O2/c1-4-15-20(2,3)21-22(18(23)16-11-7-5-8-12-16)19(24)17-13-9-6-10-14-17/h4-14,21H,1,15H2,2-3H3. The fourth-order valence-corrected chi connectivity index (χ4v) is 2.32. The zero-order valence-electron chi connectivity index (χ0n) is 14.0. The second kappa shape index (κ2) is 7.70. The third-order valence-corrected chi connectivity index (χ3v) is 3.52. The number of carbonyl (C=O) groups excluding carboxylic acids is 2. The van der Waals surface area contributed by atoms with Crippen LogP contribution < -0.4 is 5.43 Å². The molecule has 0 heterocycles. The number of benzene rings is 2. The Morgan fingerprint density at radius 1 is 0.958 bits per heavy atom. The second-order valence-corrected chi connectivity index (χ2v) is 6.17. The van der Waals surface area contributed by atoms with Gasteiger partial charge in [-0.3, -0.25) is 9.59 Å². The van der Waals surface area contributed by atoms with E-state index in [-0.39, 0.29) is 11.8 Å². The Balaban J connectivity index is 2.36. The van der Waals surface area contributed by atoms with E-state index in [0.717, 1.165) is 5.01 Å². The lowest BCUT2D eigenvalue weighted by Gasteiger charge is -2.32. The van der Waals surface area contributed by atoms with Gasteiger partial charge in [0.25, 0.3) is 11.8 Å². The van der Waals surface area contributed by atoms with Crippen LogP contribution in [0.4, 0.5) is 0 Å². The van der Waals surface area contributed by atoms with E-state index in [9.17, 15) is 9.59 Å². The molecule has 2 aromatic rings. The summed E-state index contributed by atoms with van der Waals surface area (Å²) >= 11 is 0. The third-order valence-electron chi connectivity index (χ3n) is 3.52. The van der Waals surface area contributed by atoms with Crippen LogP contribution in [-0.2, 0) is 0 Å². The minimum atomic E-state index is -0.489. The van der Waals surface area contributed by atoms with Crippen LogP contribution in [0, 0.1) is 0 Å². The van der Waals surface area contributed by atoms with Gasteiger partial charge in [-0.2, -0.15) is 0 Å². The van der Waals surface area contributed by atoms with Gasteiger partial charge in [0.05, 0.1) is 0 Å². The number of nitrogens with one attached hydrogen (secondary N) is 1. The molecule has 0 spiro atoms. The minimum absolute atomic E-state index is 0.387. The van der Waals surface area contributed by atoms with Crippen LogP contribution >= 0.6 is 0 Å². The van der Waals surface area contributed by atoms with Crippen molar-refractivity contribution in [2.75, 3.05) is 0 Å². The Labute approximate surface area is 142 Å². The maximum Gasteiger partial charge on any atom is 0.275 e. The number of imide groups is 1. The van der Waals surface area contributed by atoms with Gasteiger partial charge in [-0.05, 0) is 44.5 Å². The first-order valence-corrected chi connectivity index (χ1v) is 7.82. The zero-order valence-corrected chi connectivity index (χ0v) is 14.0. The molecule has 0 aliphatic carbocycles. The first kappa shape index (κ1) is 17.6. The van der Waals surface area contributed by atoms with E-state index < -0.39 is 5.54 Å². The Kier molecular flexibility index (Phi) is 5.66. The average molecular weight is 322 g/mol. The molecule has 0 radical (unpaired) electrons. The van der Waals surface area contributed by atoms with E-state index in [4.69, 9.17) is 0 Å². The summed E-state index contributed by atoms with van der Waals surface area (Å²) < 4.78 is 0. The second-order valence-electron chi connectivity index (χ2n) is 6.17. The van der Waals surface area contributed by atoms with E-state index in [2.05, 4.69) is 12.0 Å². The molecule has 124 valence electrons. The zero-order chi connectivity index (χ0) is 17.6. The topological polar surface area (TPSA) is 49.4 Å². The molecular formula is C20H22N2O2. The first-order chi connectivity index (χ1) is 11.4. The van der Waals surface area contributed by atoms with Gasteiger partial charge in [-0.25, -0.2) is 10.4 Å². The number of hydrazine groups is 1. The maximum absolute atomic E-state index is 12.9. The van der Waals surface area contributed by atoms with E-state index in [1.807, 2.05) is 26.0 Å². The van der Waals surface area contributed by atoms with Crippen molar-refractivity contribution >= 4 is 11.8 Å². The van der Waals surface area contributed by atoms with Gasteiger partial charge in [0.15, 0.2) is 0 Å². The van der Waals surface area contributed by atoms with Crippen molar-refractivity contribution in [2.45, 2.75) is 25.8 Å². The Morgan fingerprint density at radius 3 is 1.75 bits per heavy atom. The monoisotopic (exact) mass is 322 g/mol. The van der Waals surface area contributed by atoms with Gasteiger partial charge >= 0.3 is 0 Å². The highest BCUT2D eigenvalue weighted by molar-refractivity contribution is 6.09. The van der Waals surface area contributed by atoms with Crippen molar-refractivity contribution in [3.63, 3.8) is 0 Å². The highest BCUT2D eigenvalue weighted by Gasteiger charge is 2.29. The van der Waals surface area contributed by atoms with Gasteiger partial charge in [0.2, 0.25) is 0 Å². The minimum Gasteiger partial charge on any atom is -0.267 e. The summed E-state index contributed by atoms with van der Waals surface area (Å²) in [5.74, 6) is -0.775. The lowest BCUT2D eigenvalue weighted by molar-refractivity contribution is 0.0441. The van der Waals surface area contributed by atoms with Crippen LogP contribution in [0.1, 0.15) is 41.0 Å². The lowest BCUT2D eigenvalue weighted by Crippen LogP contribution is -2.55. The number of hydrogen-bond donors (Lipinski definition) is 1. The molecule has 0 saturated heterocycles. The predicted octanol–water partition coefficient (Wildman–Crippen LogP) is 3.83. The van der Waals surface area contributed by atoms with Crippen LogP contribution in [-0.4, -0.2) is 22.4 Å². The third kappa shape index (κ3) is 4.40. The molecule has 0 unspecified atom stereocenters. The molecule has 2 aromatic carbocycles. The van der Waals surface area contributed by atoms with E-state index >= 15 is 0 Å². The summed E-state index contributed by atoms with van der Waals surface area (Å²) in [4.78, 5) is 25.7.